The number of fused-ring (bicyclic) bond motifs is 1. The van der Waals surface area contributed by atoms with Gasteiger partial charge < -0.3 is 15.7 Å². The number of amides is 1. The second-order valence-corrected chi connectivity index (χ2v) is 6.28. The number of pyridine rings is 1. The molecule has 2 aromatic heterocycles. The van der Waals surface area contributed by atoms with Crippen molar-refractivity contribution < 1.29 is 4.79 Å². The van der Waals surface area contributed by atoms with Crippen molar-refractivity contribution in [2.45, 2.75) is 26.7 Å². The molecule has 0 radical (unpaired) electrons. The monoisotopic (exact) mass is 335 g/mol. The Morgan fingerprint density at radius 2 is 2.16 bits per heavy atom. The largest absolute Gasteiger partial charge is 0.339 e. The molecule has 0 fully saturated rings. The standard InChI is InChI=1S/C19H21N5O/c1-11(12(2)20)17(21)19(25)23-15-8-14-9-16(24-18(14)22-10-15)13-6-4-3-5-7-13/h3-4,6,8-11,20-21H,5,7H2,1-2H3,(H,22,24)(H,23,25). The third-order valence-corrected chi connectivity index (χ3v) is 4.41. The van der Waals surface area contributed by atoms with E-state index in [4.69, 9.17) is 10.8 Å². The third kappa shape index (κ3) is 3.57. The van der Waals surface area contributed by atoms with E-state index in [1.54, 1.807) is 20.0 Å². The first-order valence-electron chi connectivity index (χ1n) is 8.25. The quantitative estimate of drug-likeness (QED) is 0.622. The fourth-order valence-electron chi connectivity index (χ4n) is 2.70. The number of carbonyl (C=O) groups excluding carboxylic acids is 1. The average Bonchev–Trinajstić information content (AvgIpc) is 3.04. The molecule has 1 aliphatic carbocycles. The normalized spacial score (nSPS) is 14.9. The summed E-state index contributed by atoms with van der Waals surface area (Å²) in [6.45, 7) is 3.27. The van der Waals surface area contributed by atoms with Gasteiger partial charge in [0.1, 0.15) is 11.4 Å². The highest BCUT2D eigenvalue weighted by atomic mass is 16.1. The van der Waals surface area contributed by atoms with E-state index in [-0.39, 0.29) is 5.71 Å². The highest BCUT2D eigenvalue weighted by Gasteiger charge is 2.19. The van der Waals surface area contributed by atoms with Gasteiger partial charge in [0, 0.05) is 22.7 Å². The number of aromatic nitrogens is 2. The van der Waals surface area contributed by atoms with Crippen LogP contribution in [0.25, 0.3) is 16.6 Å². The number of nitrogens with one attached hydrogen (secondary N) is 4. The fraction of sp³-hybridized carbons (Fsp3) is 0.263. The lowest BCUT2D eigenvalue weighted by atomic mass is 10.0. The summed E-state index contributed by atoms with van der Waals surface area (Å²) in [5, 5.41) is 19.1. The Morgan fingerprint density at radius 3 is 2.84 bits per heavy atom. The molecule has 128 valence electrons. The molecular weight excluding hydrogens is 314 g/mol. The zero-order valence-corrected chi connectivity index (χ0v) is 14.3. The van der Waals surface area contributed by atoms with E-state index in [9.17, 15) is 4.79 Å². The van der Waals surface area contributed by atoms with E-state index in [0.717, 1.165) is 29.6 Å². The molecule has 0 aliphatic heterocycles. The zero-order chi connectivity index (χ0) is 18.0. The molecule has 1 unspecified atom stereocenters. The van der Waals surface area contributed by atoms with Crippen LogP contribution in [0.15, 0.2) is 36.6 Å². The molecule has 6 nitrogen and oxygen atoms in total. The molecule has 0 bridgehead atoms. The van der Waals surface area contributed by atoms with E-state index in [0.29, 0.717) is 11.4 Å². The average molecular weight is 335 g/mol. The van der Waals surface area contributed by atoms with Crippen molar-refractivity contribution in [3.05, 3.63) is 42.3 Å². The molecule has 4 N–H and O–H groups in total. The lowest BCUT2D eigenvalue weighted by Crippen LogP contribution is -2.30. The second kappa shape index (κ2) is 6.84. The van der Waals surface area contributed by atoms with Crippen LogP contribution in [-0.2, 0) is 4.79 Å². The second-order valence-electron chi connectivity index (χ2n) is 6.28. The van der Waals surface area contributed by atoms with Gasteiger partial charge >= 0.3 is 0 Å². The highest BCUT2D eigenvalue weighted by Crippen LogP contribution is 2.26. The van der Waals surface area contributed by atoms with Crippen LogP contribution in [0.5, 0.6) is 0 Å². The lowest BCUT2D eigenvalue weighted by molar-refractivity contribution is -0.110. The smallest absolute Gasteiger partial charge is 0.270 e. The molecule has 2 heterocycles. The van der Waals surface area contributed by atoms with Crippen molar-refractivity contribution >= 4 is 39.6 Å². The van der Waals surface area contributed by atoms with Crippen molar-refractivity contribution in [3.8, 4) is 0 Å². The van der Waals surface area contributed by atoms with Crippen molar-refractivity contribution in [2.24, 2.45) is 5.92 Å². The molecular formula is C19H21N5O. The van der Waals surface area contributed by atoms with Gasteiger partial charge in [-0.3, -0.25) is 10.2 Å². The van der Waals surface area contributed by atoms with Crippen LogP contribution in [0.4, 0.5) is 5.69 Å². The number of hydrogen-bond donors (Lipinski definition) is 4. The molecule has 2 aromatic rings. The van der Waals surface area contributed by atoms with Crippen molar-refractivity contribution in [1.82, 2.24) is 9.97 Å². The minimum atomic E-state index is -0.504. The van der Waals surface area contributed by atoms with Gasteiger partial charge in [-0.1, -0.05) is 25.2 Å². The molecule has 1 aliphatic rings. The van der Waals surface area contributed by atoms with Crippen molar-refractivity contribution in [1.29, 1.82) is 10.8 Å². The number of H-pyrrole nitrogens is 1. The Hall–Kier alpha value is -3.02. The molecule has 0 saturated heterocycles. The Morgan fingerprint density at radius 1 is 1.36 bits per heavy atom. The summed E-state index contributed by atoms with van der Waals surface area (Å²) in [4.78, 5) is 19.8. The summed E-state index contributed by atoms with van der Waals surface area (Å²) in [5.74, 6) is -1.00. The molecule has 1 atom stereocenters. The van der Waals surface area contributed by atoms with Gasteiger partial charge in [0.2, 0.25) is 0 Å². The summed E-state index contributed by atoms with van der Waals surface area (Å²) in [5.41, 5.74) is 3.75. The Bertz CT molecular complexity index is 919. The summed E-state index contributed by atoms with van der Waals surface area (Å²) < 4.78 is 0. The number of nitrogens with zero attached hydrogens (tertiary/aromatic N) is 1. The topological polar surface area (TPSA) is 105 Å². The SMILES string of the molecule is CC(=N)C(C)C(=N)C(=O)Nc1cnc2[nH]c(C3=CC=CCC3)cc2c1. The first-order valence-corrected chi connectivity index (χ1v) is 8.25. The minimum Gasteiger partial charge on any atom is -0.339 e. The van der Waals surface area contributed by atoms with Gasteiger partial charge in [0.05, 0.1) is 11.9 Å². The van der Waals surface area contributed by atoms with E-state index < -0.39 is 11.8 Å². The number of anilines is 1. The summed E-state index contributed by atoms with van der Waals surface area (Å²) >= 11 is 0. The fourth-order valence-corrected chi connectivity index (χ4v) is 2.70. The minimum absolute atomic E-state index is 0.124. The summed E-state index contributed by atoms with van der Waals surface area (Å²) in [6, 6.07) is 3.87. The number of hydrogen-bond acceptors (Lipinski definition) is 4. The van der Waals surface area contributed by atoms with Gasteiger partial charge in [-0.2, -0.15) is 0 Å². The van der Waals surface area contributed by atoms with Gasteiger partial charge in [-0.15, -0.1) is 0 Å². The maximum absolute atomic E-state index is 12.2. The Kier molecular flexibility index (Phi) is 4.61. The van der Waals surface area contributed by atoms with E-state index in [1.165, 1.54) is 5.57 Å². The van der Waals surface area contributed by atoms with Crippen LogP contribution in [0.3, 0.4) is 0 Å². The number of allylic oxidation sites excluding steroid dienone is 4. The first kappa shape index (κ1) is 16.8. The first-order chi connectivity index (χ1) is 12.0. The van der Waals surface area contributed by atoms with E-state index in [1.807, 2.05) is 12.1 Å². The van der Waals surface area contributed by atoms with Crippen molar-refractivity contribution in [3.63, 3.8) is 0 Å². The van der Waals surface area contributed by atoms with Crippen LogP contribution in [0.1, 0.15) is 32.4 Å². The van der Waals surface area contributed by atoms with Gasteiger partial charge in [-0.25, -0.2) is 4.98 Å². The maximum atomic E-state index is 12.2. The van der Waals surface area contributed by atoms with Crippen LogP contribution in [0.2, 0.25) is 0 Å². The van der Waals surface area contributed by atoms with Crippen LogP contribution >= 0.6 is 0 Å². The Balaban J connectivity index is 1.80. The van der Waals surface area contributed by atoms with Crippen molar-refractivity contribution in [2.75, 3.05) is 5.32 Å². The van der Waals surface area contributed by atoms with Crippen LogP contribution < -0.4 is 5.32 Å². The predicted molar refractivity (Wildman–Crippen MR) is 101 cm³/mol. The number of rotatable bonds is 5. The number of aromatic amines is 1. The Labute approximate surface area is 146 Å². The van der Waals surface area contributed by atoms with Crippen LogP contribution in [0, 0.1) is 16.7 Å². The molecule has 0 spiro atoms. The molecule has 1 amide bonds. The van der Waals surface area contributed by atoms with Gasteiger partial charge in [0.25, 0.3) is 5.91 Å². The predicted octanol–water partition coefficient (Wildman–Crippen LogP) is 3.93. The molecule has 0 saturated carbocycles. The molecule has 0 aromatic carbocycles. The van der Waals surface area contributed by atoms with E-state index in [2.05, 4.69) is 33.5 Å². The molecule has 6 heteroatoms. The molecule has 25 heavy (non-hydrogen) atoms. The third-order valence-electron chi connectivity index (χ3n) is 4.41. The van der Waals surface area contributed by atoms with Gasteiger partial charge in [-0.05, 0) is 37.5 Å². The zero-order valence-electron chi connectivity index (χ0n) is 14.3. The van der Waals surface area contributed by atoms with E-state index >= 15 is 0 Å². The maximum Gasteiger partial charge on any atom is 0.270 e. The van der Waals surface area contributed by atoms with Crippen LogP contribution in [-0.4, -0.2) is 27.3 Å². The molecule has 3 rings (SSSR count). The highest BCUT2D eigenvalue weighted by molar-refractivity contribution is 6.45. The summed E-state index contributed by atoms with van der Waals surface area (Å²) in [7, 11) is 0. The lowest BCUT2D eigenvalue weighted by Gasteiger charge is -2.11. The summed E-state index contributed by atoms with van der Waals surface area (Å²) in [6.07, 6.45) is 9.89. The van der Waals surface area contributed by atoms with Gasteiger partial charge in [0.15, 0.2) is 0 Å². The number of carbonyl (C=O) groups is 1.